The molecule has 3 nitrogen and oxygen atoms in total. The highest BCUT2D eigenvalue weighted by Crippen LogP contribution is 2.05. The lowest BCUT2D eigenvalue weighted by Crippen LogP contribution is -2.45. The van der Waals surface area contributed by atoms with Crippen molar-refractivity contribution < 1.29 is 8.91 Å². The van der Waals surface area contributed by atoms with Gasteiger partial charge in [0.1, 0.15) is 0 Å². The summed E-state index contributed by atoms with van der Waals surface area (Å²) in [5, 5.41) is 1.32. The van der Waals surface area contributed by atoms with Crippen LogP contribution in [0.4, 0.5) is 0 Å². The summed E-state index contributed by atoms with van der Waals surface area (Å²) in [5.74, 6) is 0. The molecule has 0 unspecified atom stereocenters. The summed E-state index contributed by atoms with van der Waals surface area (Å²) in [5.41, 5.74) is 0. The lowest BCUT2D eigenvalue weighted by Gasteiger charge is -2.23. The quantitative estimate of drug-likeness (QED) is 0.326. The monoisotopic (exact) mass is 263 g/mol. The number of hydrogen-bond acceptors (Lipinski definition) is 3. The molecule has 0 heterocycles. The average Bonchev–Trinajstić information content (AvgIpc) is 2.35. The third-order valence-corrected chi connectivity index (χ3v) is 7.31. The summed E-state index contributed by atoms with van der Waals surface area (Å²) in [7, 11) is -1.25. The number of isocyanates is 1. The van der Waals surface area contributed by atoms with Crippen molar-refractivity contribution in [2.24, 2.45) is 4.99 Å². The first kappa shape index (κ1) is 14.1. The highest BCUT2D eigenvalue weighted by Gasteiger charge is 2.24. The summed E-state index contributed by atoms with van der Waals surface area (Å²) in [6, 6.07) is 11.4. The van der Waals surface area contributed by atoms with Gasteiger partial charge in [-0.2, -0.15) is 0 Å². The molecule has 0 N–H and O–H groups in total. The molecule has 5 heteroatoms. The molecule has 0 amide bonds. The summed E-state index contributed by atoms with van der Waals surface area (Å²) in [4.78, 5) is 13.4. The van der Waals surface area contributed by atoms with Crippen molar-refractivity contribution in [1.82, 2.24) is 0 Å². The van der Waals surface area contributed by atoms with Crippen LogP contribution < -0.4 is 5.19 Å². The normalized spacial score (nSPS) is 10.9. The van der Waals surface area contributed by atoms with E-state index >= 15 is 0 Å². The Bertz CT molecular complexity index is 375. The Balaban J connectivity index is 2.32. The Morgan fingerprint density at radius 2 is 2.06 bits per heavy atom. The van der Waals surface area contributed by atoms with Gasteiger partial charge in [0.25, 0.3) is 0 Å². The van der Waals surface area contributed by atoms with Crippen LogP contribution in [0.2, 0.25) is 19.1 Å². The Labute approximate surface area is 106 Å². The van der Waals surface area contributed by atoms with Crippen LogP contribution in [0.1, 0.15) is 6.42 Å². The van der Waals surface area contributed by atoms with E-state index in [4.69, 9.17) is 4.12 Å². The van der Waals surface area contributed by atoms with Crippen LogP contribution in [-0.4, -0.2) is 30.7 Å². The molecule has 0 fully saturated rings. The van der Waals surface area contributed by atoms with Crippen molar-refractivity contribution in [3.05, 3.63) is 30.3 Å². The van der Waals surface area contributed by atoms with Crippen LogP contribution in [0.25, 0.3) is 0 Å². The predicted molar refractivity (Wildman–Crippen MR) is 72.8 cm³/mol. The minimum absolute atomic E-state index is 0.492. The molecule has 2 radical (unpaired) electrons. The molecule has 0 saturated carbocycles. The fourth-order valence-corrected chi connectivity index (χ4v) is 5.03. The highest BCUT2D eigenvalue weighted by molar-refractivity contribution is 6.87. The van der Waals surface area contributed by atoms with Crippen molar-refractivity contribution in [2.75, 3.05) is 6.54 Å². The van der Waals surface area contributed by atoms with Gasteiger partial charge in [0.15, 0.2) is 0 Å². The number of carbonyl (C=O) groups excluding carboxylic acids is 1. The number of rotatable bonds is 7. The van der Waals surface area contributed by atoms with E-state index in [1.165, 1.54) is 5.19 Å². The molecule has 0 aliphatic rings. The SMILES string of the molecule is C[Si](C)(O[Si]CCCN=C=O)c1ccccc1. The zero-order chi connectivity index (χ0) is 12.6. The van der Waals surface area contributed by atoms with Gasteiger partial charge in [-0.3, -0.25) is 0 Å². The molecule has 0 aromatic heterocycles. The molecule has 1 rings (SSSR count). The van der Waals surface area contributed by atoms with Crippen molar-refractivity contribution in [3.63, 3.8) is 0 Å². The molecule has 17 heavy (non-hydrogen) atoms. The highest BCUT2D eigenvalue weighted by atomic mass is 28.4. The van der Waals surface area contributed by atoms with E-state index in [0.717, 1.165) is 12.5 Å². The van der Waals surface area contributed by atoms with Gasteiger partial charge in [-0.25, -0.2) is 9.79 Å². The molecule has 1 aromatic rings. The first-order valence-electron chi connectivity index (χ1n) is 5.67. The standard InChI is InChI=1S/C12H17NO2Si2/c1-17(2,12-7-4-3-5-8-12)15-16-10-6-9-13-11-14/h3-5,7-8H,6,9-10H2,1-2H3. The van der Waals surface area contributed by atoms with Gasteiger partial charge in [-0.1, -0.05) is 30.3 Å². The number of benzene rings is 1. The van der Waals surface area contributed by atoms with Crippen LogP contribution in [0.3, 0.4) is 0 Å². The Hall–Kier alpha value is -1.01. The Morgan fingerprint density at radius 1 is 1.35 bits per heavy atom. The Morgan fingerprint density at radius 3 is 2.71 bits per heavy atom. The van der Waals surface area contributed by atoms with Crippen molar-refractivity contribution in [1.29, 1.82) is 0 Å². The fourth-order valence-electron chi connectivity index (χ4n) is 1.41. The van der Waals surface area contributed by atoms with E-state index in [1.54, 1.807) is 6.08 Å². The average molecular weight is 263 g/mol. The first-order valence-corrected chi connectivity index (χ1v) is 9.69. The van der Waals surface area contributed by atoms with E-state index in [0.29, 0.717) is 16.3 Å². The van der Waals surface area contributed by atoms with E-state index in [2.05, 4.69) is 42.4 Å². The van der Waals surface area contributed by atoms with E-state index < -0.39 is 8.32 Å². The van der Waals surface area contributed by atoms with Crippen LogP contribution in [0, 0.1) is 0 Å². The fraction of sp³-hybridized carbons (Fsp3) is 0.417. The van der Waals surface area contributed by atoms with E-state index in [1.807, 2.05) is 6.07 Å². The molecule has 0 bridgehead atoms. The first-order chi connectivity index (χ1) is 8.17. The molecule has 90 valence electrons. The summed E-state index contributed by atoms with van der Waals surface area (Å²) in [6.07, 6.45) is 2.44. The van der Waals surface area contributed by atoms with Crippen molar-refractivity contribution >= 4 is 29.3 Å². The summed E-state index contributed by atoms with van der Waals surface area (Å²) >= 11 is 0. The molecule has 0 saturated heterocycles. The number of nitrogens with zero attached hydrogens (tertiary/aromatic N) is 1. The molecule has 0 spiro atoms. The van der Waals surface area contributed by atoms with Crippen LogP contribution >= 0.6 is 0 Å². The summed E-state index contributed by atoms with van der Waals surface area (Å²) in [6.45, 7) is 4.98. The molecular weight excluding hydrogens is 246 g/mol. The number of aliphatic imine (C=N–C) groups is 1. The van der Waals surface area contributed by atoms with Gasteiger partial charge in [0.05, 0.1) is 6.54 Å². The van der Waals surface area contributed by atoms with Crippen LogP contribution in [0.5, 0.6) is 0 Å². The maximum atomic E-state index is 9.87. The van der Waals surface area contributed by atoms with E-state index in [-0.39, 0.29) is 0 Å². The topological polar surface area (TPSA) is 38.7 Å². The largest absolute Gasteiger partial charge is 0.453 e. The predicted octanol–water partition coefficient (Wildman–Crippen LogP) is 1.88. The summed E-state index contributed by atoms with van der Waals surface area (Å²) < 4.78 is 6.02. The van der Waals surface area contributed by atoms with Crippen molar-refractivity contribution in [3.8, 4) is 0 Å². The molecule has 0 atom stereocenters. The third kappa shape index (κ3) is 5.23. The second kappa shape index (κ2) is 7.34. The maximum absolute atomic E-state index is 9.87. The molecule has 0 aliphatic heterocycles. The van der Waals surface area contributed by atoms with Gasteiger partial charge in [-0.15, -0.1) is 0 Å². The van der Waals surface area contributed by atoms with E-state index in [9.17, 15) is 4.79 Å². The Kier molecular flexibility index (Phi) is 6.07. The molecule has 1 aromatic carbocycles. The van der Waals surface area contributed by atoms with Gasteiger partial charge in [0, 0.05) is 0 Å². The second-order valence-electron chi connectivity index (χ2n) is 4.20. The smallest absolute Gasteiger partial charge is 0.234 e. The molecular formula is C12H17NO2Si2. The minimum Gasteiger partial charge on any atom is -0.453 e. The minimum atomic E-state index is -1.74. The van der Waals surface area contributed by atoms with Crippen LogP contribution in [-0.2, 0) is 8.91 Å². The lowest BCUT2D eigenvalue weighted by molar-refractivity contribution is 0.562. The zero-order valence-corrected chi connectivity index (χ0v) is 12.3. The maximum Gasteiger partial charge on any atom is 0.234 e. The number of hydrogen-bond donors (Lipinski definition) is 0. The second-order valence-corrected chi connectivity index (χ2v) is 9.40. The van der Waals surface area contributed by atoms with Crippen molar-refractivity contribution in [2.45, 2.75) is 25.6 Å². The third-order valence-electron chi connectivity index (χ3n) is 2.41. The zero-order valence-electron chi connectivity index (χ0n) is 10.3. The van der Waals surface area contributed by atoms with Gasteiger partial charge in [0.2, 0.25) is 24.2 Å². The van der Waals surface area contributed by atoms with Gasteiger partial charge < -0.3 is 4.12 Å². The van der Waals surface area contributed by atoms with Crippen LogP contribution in [0.15, 0.2) is 35.3 Å². The lowest BCUT2D eigenvalue weighted by atomic mass is 10.4. The molecule has 0 aliphatic carbocycles. The van der Waals surface area contributed by atoms with Gasteiger partial charge in [-0.05, 0) is 30.7 Å². The van der Waals surface area contributed by atoms with Gasteiger partial charge >= 0.3 is 0 Å².